The van der Waals surface area contributed by atoms with Crippen LogP contribution in [0.4, 0.5) is 17.5 Å². The maximum atomic E-state index is 5.93. The smallest absolute Gasteiger partial charge is 0.229 e. The molecule has 25 heavy (non-hydrogen) atoms. The highest BCUT2D eigenvalue weighted by molar-refractivity contribution is 5.60. The Morgan fingerprint density at radius 2 is 1.92 bits per heavy atom. The van der Waals surface area contributed by atoms with Gasteiger partial charge in [0.05, 0.1) is 13.7 Å². The van der Waals surface area contributed by atoms with E-state index < -0.39 is 0 Å². The molecule has 0 spiro atoms. The molecule has 7 heteroatoms. The number of anilines is 3. The minimum absolute atomic E-state index is 0.393. The molecule has 1 heterocycles. The van der Waals surface area contributed by atoms with Crippen LogP contribution in [-0.4, -0.2) is 44.3 Å². The van der Waals surface area contributed by atoms with E-state index in [0.717, 1.165) is 23.7 Å². The van der Waals surface area contributed by atoms with E-state index in [1.807, 2.05) is 45.3 Å². The van der Waals surface area contributed by atoms with Gasteiger partial charge in [-0.15, -0.1) is 0 Å². The predicted octanol–water partition coefficient (Wildman–Crippen LogP) is 2.81. The number of rotatable bonds is 9. The topological polar surface area (TPSA) is 80.3 Å². The lowest BCUT2D eigenvalue weighted by molar-refractivity contribution is 0.246. The Bertz CT molecular complexity index is 693. The van der Waals surface area contributed by atoms with Gasteiger partial charge in [0.1, 0.15) is 5.82 Å². The van der Waals surface area contributed by atoms with Crippen molar-refractivity contribution in [1.29, 1.82) is 0 Å². The van der Waals surface area contributed by atoms with Crippen LogP contribution in [0, 0.1) is 12.8 Å². The first kappa shape index (κ1) is 18.8. The number of aryl methyl sites for hydroxylation is 1. The van der Waals surface area contributed by atoms with Gasteiger partial charge in [0.2, 0.25) is 5.95 Å². The molecule has 0 aliphatic rings. The van der Waals surface area contributed by atoms with E-state index in [-0.39, 0.29) is 0 Å². The van der Waals surface area contributed by atoms with Gasteiger partial charge in [0.25, 0.3) is 0 Å². The lowest BCUT2D eigenvalue weighted by Gasteiger charge is -2.16. The van der Waals surface area contributed by atoms with E-state index in [1.165, 1.54) is 0 Å². The fourth-order valence-electron chi connectivity index (χ4n) is 2.39. The van der Waals surface area contributed by atoms with Crippen molar-refractivity contribution in [2.45, 2.75) is 13.8 Å². The van der Waals surface area contributed by atoms with Crippen molar-refractivity contribution in [3.8, 4) is 11.5 Å². The molecule has 0 radical (unpaired) electrons. The van der Waals surface area contributed by atoms with Gasteiger partial charge in [-0.05, 0) is 26.1 Å². The third-order valence-corrected chi connectivity index (χ3v) is 3.61. The molecule has 1 aromatic heterocycles. The van der Waals surface area contributed by atoms with E-state index in [1.54, 1.807) is 7.11 Å². The molecular weight excluding hydrogens is 318 g/mol. The summed E-state index contributed by atoms with van der Waals surface area (Å²) in [7, 11) is 5.40. The monoisotopic (exact) mass is 345 g/mol. The first-order valence-corrected chi connectivity index (χ1v) is 8.31. The number of nitrogens with zero attached hydrogens (tertiary/aromatic N) is 2. The van der Waals surface area contributed by atoms with Gasteiger partial charge in [-0.1, -0.05) is 6.92 Å². The first-order valence-electron chi connectivity index (χ1n) is 8.31. The Kier molecular flexibility index (Phi) is 6.82. The third kappa shape index (κ3) is 5.49. The summed E-state index contributed by atoms with van der Waals surface area (Å²) in [6, 6.07) is 7.56. The van der Waals surface area contributed by atoms with E-state index in [9.17, 15) is 0 Å². The molecule has 1 unspecified atom stereocenters. The molecule has 136 valence electrons. The van der Waals surface area contributed by atoms with Crippen LogP contribution in [0.5, 0.6) is 11.5 Å². The minimum Gasteiger partial charge on any atom is -0.493 e. The summed E-state index contributed by atoms with van der Waals surface area (Å²) < 4.78 is 11.3. The molecule has 1 atom stereocenters. The number of hydrogen-bond donors (Lipinski definition) is 3. The van der Waals surface area contributed by atoms with Gasteiger partial charge in [-0.2, -0.15) is 4.98 Å². The molecule has 0 fully saturated rings. The number of nitrogens with one attached hydrogen (secondary N) is 3. The fourth-order valence-corrected chi connectivity index (χ4v) is 2.39. The predicted molar refractivity (Wildman–Crippen MR) is 101 cm³/mol. The number of hydrogen-bond acceptors (Lipinski definition) is 7. The average Bonchev–Trinajstić information content (AvgIpc) is 2.60. The Hall–Kier alpha value is -2.54. The summed E-state index contributed by atoms with van der Waals surface area (Å²) in [6.45, 7) is 5.56. The second-order valence-corrected chi connectivity index (χ2v) is 5.93. The van der Waals surface area contributed by atoms with Crippen molar-refractivity contribution < 1.29 is 9.47 Å². The fraction of sp³-hybridized carbons (Fsp3) is 0.444. The van der Waals surface area contributed by atoms with Crippen molar-refractivity contribution >= 4 is 17.5 Å². The largest absolute Gasteiger partial charge is 0.493 e. The highest BCUT2D eigenvalue weighted by Crippen LogP contribution is 2.31. The van der Waals surface area contributed by atoms with Crippen LogP contribution in [-0.2, 0) is 0 Å². The number of ether oxygens (including phenoxy) is 2. The van der Waals surface area contributed by atoms with Crippen LogP contribution in [0.15, 0.2) is 24.3 Å². The molecule has 0 aliphatic carbocycles. The lowest BCUT2D eigenvalue weighted by atomic mass is 10.2. The standard InChI is InChI=1S/C18H27N5O2/c1-12(10-19-3)11-25-16-9-14(6-7-15(16)24-5)22-18-21-13(2)8-17(20-4)23-18/h6-9,12,19H,10-11H2,1-5H3,(H2,20,21,22,23). The van der Waals surface area contributed by atoms with E-state index in [0.29, 0.717) is 30.0 Å². The highest BCUT2D eigenvalue weighted by Gasteiger charge is 2.10. The van der Waals surface area contributed by atoms with Crippen LogP contribution in [0.2, 0.25) is 0 Å². The zero-order valence-corrected chi connectivity index (χ0v) is 15.5. The molecule has 1 aromatic carbocycles. The Morgan fingerprint density at radius 3 is 2.60 bits per heavy atom. The number of methoxy groups -OCH3 is 1. The highest BCUT2D eigenvalue weighted by atomic mass is 16.5. The quantitative estimate of drug-likeness (QED) is 0.645. The van der Waals surface area contributed by atoms with E-state index in [2.05, 4.69) is 32.8 Å². The molecule has 3 N–H and O–H groups in total. The minimum atomic E-state index is 0.393. The molecule has 2 rings (SSSR count). The van der Waals surface area contributed by atoms with Crippen molar-refractivity contribution in [2.24, 2.45) is 5.92 Å². The Labute approximate surface area is 149 Å². The molecular formula is C18H27N5O2. The van der Waals surface area contributed by atoms with Crippen molar-refractivity contribution in [3.63, 3.8) is 0 Å². The summed E-state index contributed by atoms with van der Waals surface area (Å²) in [4.78, 5) is 8.81. The SMILES string of the molecule is CNCC(C)COc1cc(Nc2nc(C)cc(NC)n2)ccc1OC. The zero-order chi connectivity index (χ0) is 18.2. The first-order chi connectivity index (χ1) is 12.0. The maximum Gasteiger partial charge on any atom is 0.229 e. The molecule has 2 aromatic rings. The van der Waals surface area contributed by atoms with Crippen molar-refractivity contribution in [2.75, 3.05) is 45.0 Å². The van der Waals surface area contributed by atoms with Crippen LogP contribution < -0.4 is 25.4 Å². The van der Waals surface area contributed by atoms with Crippen molar-refractivity contribution in [3.05, 3.63) is 30.0 Å². The maximum absolute atomic E-state index is 5.93. The average molecular weight is 345 g/mol. The van der Waals surface area contributed by atoms with Gasteiger partial charge in [0, 0.05) is 43.0 Å². The Morgan fingerprint density at radius 1 is 1.12 bits per heavy atom. The second-order valence-electron chi connectivity index (χ2n) is 5.93. The molecule has 0 aliphatic heterocycles. The van der Waals surface area contributed by atoms with Crippen molar-refractivity contribution in [1.82, 2.24) is 15.3 Å². The van der Waals surface area contributed by atoms with Gasteiger partial charge in [0.15, 0.2) is 11.5 Å². The zero-order valence-electron chi connectivity index (χ0n) is 15.5. The normalized spacial score (nSPS) is 11.7. The van der Waals surface area contributed by atoms with Crippen LogP contribution in [0.3, 0.4) is 0 Å². The second kappa shape index (κ2) is 9.08. The van der Waals surface area contributed by atoms with E-state index in [4.69, 9.17) is 9.47 Å². The molecule has 7 nitrogen and oxygen atoms in total. The van der Waals surface area contributed by atoms with Gasteiger partial charge in [-0.25, -0.2) is 4.98 Å². The van der Waals surface area contributed by atoms with E-state index >= 15 is 0 Å². The number of benzene rings is 1. The molecule has 0 bridgehead atoms. The van der Waals surface area contributed by atoms with Gasteiger partial charge in [-0.3, -0.25) is 0 Å². The molecule has 0 amide bonds. The summed E-state index contributed by atoms with van der Waals surface area (Å²) >= 11 is 0. The van der Waals surface area contributed by atoms with Gasteiger partial charge >= 0.3 is 0 Å². The van der Waals surface area contributed by atoms with Gasteiger partial charge < -0.3 is 25.4 Å². The number of aromatic nitrogens is 2. The molecule has 0 saturated carbocycles. The molecule has 0 saturated heterocycles. The lowest BCUT2D eigenvalue weighted by Crippen LogP contribution is -2.21. The Balaban J connectivity index is 2.16. The summed E-state index contributed by atoms with van der Waals surface area (Å²) in [5.74, 6) is 3.08. The summed E-state index contributed by atoms with van der Waals surface area (Å²) in [5, 5.41) is 9.39. The van der Waals surface area contributed by atoms with Crippen LogP contribution in [0.25, 0.3) is 0 Å². The third-order valence-electron chi connectivity index (χ3n) is 3.61. The summed E-state index contributed by atoms with van der Waals surface area (Å²) in [6.07, 6.45) is 0. The van der Waals surface area contributed by atoms with Crippen LogP contribution in [0.1, 0.15) is 12.6 Å². The van der Waals surface area contributed by atoms with Crippen LogP contribution >= 0.6 is 0 Å². The summed E-state index contributed by atoms with van der Waals surface area (Å²) in [5.41, 5.74) is 1.72.